The van der Waals surface area contributed by atoms with Crippen LogP contribution in [0.4, 0.5) is 10.1 Å². The van der Waals surface area contributed by atoms with Gasteiger partial charge in [0.05, 0.1) is 29.5 Å². The van der Waals surface area contributed by atoms with E-state index in [0.717, 1.165) is 11.3 Å². The Morgan fingerprint density at radius 1 is 1.11 bits per heavy atom. The van der Waals surface area contributed by atoms with Crippen LogP contribution in [0.5, 0.6) is 5.75 Å². The Balaban J connectivity index is 1.62. The van der Waals surface area contributed by atoms with Gasteiger partial charge in [0.1, 0.15) is 24.2 Å². The summed E-state index contributed by atoms with van der Waals surface area (Å²) in [7, 11) is 0. The number of nitriles is 1. The number of anilines is 1. The van der Waals surface area contributed by atoms with E-state index in [9.17, 15) is 14.8 Å². The van der Waals surface area contributed by atoms with Crippen LogP contribution in [0.25, 0.3) is 0 Å². The highest BCUT2D eigenvalue weighted by molar-refractivity contribution is 6.30. The zero-order chi connectivity index (χ0) is 25.7. The van der Waals surface area contributed by atoms with E-state index in [0.29, 0.717) is 48.1 Å². The standard InChI is InChI=1S/C28H29ClFN3O3/c1-28(35,22-4-8-24(30)9-5-22)19-32-12-13-33(27(18-32)20-2-6-23(29)7-3-20)26-11-10-25(36-15-14-34)16-21(26)17-31/h2-11,16,27,34-35H,12-15,18-19H2,1H3/t27-,28+/m0/s1. The minimum Gasteiger partial charge on any atom is -0.491 e. The number of nitrogens with zero attached hydrogens (tertiary/aromatic N) is 3. The summed E-state index contributed by atoms with van der Waals surface area (Å²) in [6.45, 7) is 4.05. The summed E-state index contributed by atoms with van der Waals surface area (Å²) in [5, 5.41) is 30.8. The molecule has 6 nitrogen and oxygen atoms in total. The molecule has 0 aromatic heterocycles. The van der Waals surface area contributed by atoms with Crippen molar-refractivity contribution in [3.05, 3.63) is 94.3 Å². The van der Waals surface area contributed by atoms with Crippen molar-refractivity contribution < 1.29 is 19.3 Å². The number of hydrogen-bond donors (Lipinski definition) is 2. The molecule has 0 spiro atoms. The number of aliphatic hydroxyl groups excluding tert-OH is 1. The Bertz CT molecular complexity index is 1210. The van der Waals surface area contributed by atoms with Crippen molar-refractivity contribution in [3.8, 4) is 11.8 Å². The van der Waals surface area contributed by atoms with E-state index in [1.165, 1.54) is 12.1 Å². The predicted molar refractivity (Wildman–Crippen MR) is 138 cm³/mol. The first kappa shape index (κ1) is 25.9. The van der Waals surface area contributed by atoms with Crippen molar-refractivity contribution in [1.29, 1.82) is 5.26 Å². The maximum atomic E-state index is 13.4. The highest BCUT2D eigenvalue weighted by Crippen LogP contribution is 2.36. The molecule has 3 aromatic carbocycles. The van der Waals surface area contributed by atoms with Crippen LogP contribution in [-0.4, -0.2) is 54.5 Å². The molecule has 2 N–H and O–H groups in total. The molecular weight excluding hydrogens is 481 g/mol. The van der Waals surface area contributed by atoms with Crippen LogP contribution in [0.2, 0.25) is 5.02 Å². The lowest BCUT2D eigenvalue weighted by Gasteiger charge is -2.45. The van der Waals surface area contributed by atoms with Crippen LogP contribution < -0.4 is 9.64 Å². The minimum atomic E-state index is -1.16. The number of β-amino-alcohol motifs (C(OH)–C–C–N with tert-alkyl or cyclic N) is 1. The van der Waals surface area contributed by atoms with Gasteiger partial charge < -0.3 is 19.8 Å². The first-order valence-electron chi connectivity index (χ1n) is 11.8. The molecule has 1 saturated heterocycles. The SMILES string of the molecule is C[C@@](O)(CN1CCN(c2ccc(OCCO)cc2C#N)[C@H](c2ccc(Cl)cc2)C1)c1ccc(F)cc1. The molecule has 1 fully saturated rings. The molecule has 188 valence electrons. The summed E-state index contributed by atoms with van der Waals surface area (Å²) < 4.78 is 18.9. The summed E-state index contributed by atoms with van der Waals surface area (Å²) in [5.41, 5.74) is 1.80. The quantitative estimate of drug-likeness (QED) is 0.465. The van der Waals surface area contributed by atoms with Crippen LogP contribution in [0, 0.1) is 17.1 Å². The van der Waals surface area contributed by atoms with Gasteiger partial charge >= 0.3 is 0 Å². The van der Waals surface area contributed by atoms with E-state index < -0.39 is 5.60 Å². The Kier molecular flexibility index (Phi) is 8.12. The third-order valence-corrected chi connectivity index (χ3v) is 6.73. The van der Waals surface area contributed by atoms with E-state index in [-0.39, 0.29) is 25.1 Å². The van der Waals surface area contributed by atoms with E-state index in [1.54, 1.807) is 31.2 Å². The second-order valence-electron chi connectivity index (χ2n) is 9.14. The molecule has 0 unspecified atom stereocenters. The van der Waals surface area contributed by atoms with Crippen LogP contribution in [0.15, 0.2) is 66.7 Å². The fourth-order valence-corrected chi connectivity index (χ4v) is 4.81. The lowest BCUT2D eigenvalue weighted by molar-refractivity contribution is 0.0102. The summed E-state index contributed by atoms with van der Waals surface area (Å²) in [5.74, 6) is 0.188. The Morgan fingerprint density at radius 3 is 2.50 bits per heavy atom. The van der Waals surface area contributed by atoms with E-state index in [4.69, 9.17) is 21.4 Å². The fraction of sp³-hybridized carbons (Fsp3) is 0.321. The van der Waals surface area contributed by atoms with Gasteiger partial charge in [0, 0.05) is 31.2 Å². The van der Waals surface area contributed by atoms with Crippen LogP contribution in [0.1, 0.15) is 29.7 Å². The van der Waals surface area contributed by atoms with Gasteiger partial charge in [0.15, 0.2) is 0 Å². The first-order chi connectivity index (χ1) is 17.3. The molecule has 4 rings (SSSR count). The van der Waals surface area contributed by atoms with Gasteiger partial charge in [0.2, 0.25) is 0 Å². The van der Waals surface area contributed by atoms with Crippen molar-refractivity contribution >= 4 is 17.3 Å². The van der Waals surface area contributed by atoms with Gasteiger partial charge in [-0.05, 0) is 60.5 Å². The highest BCUT2D eigenvalue weighted by atomic mass is 35.5. The molecule has 2 atom stereocenters. The average Bonchev–Trinajstić information content (AvgIpc) is 2.88. The van der Waals surface area contributed by atoms with Gasteiger partial charge in [-0.3, -0.25) is 4.90 Å². The molecule has 0 saturated carbocycles. The number of hydrogen-bond acceptors (Lipinski definition) is 6. The molecule has 0 aliphatic carbocycles. The fourth-order valence-electron chi connectivity index (χ4n) is 4.69. The zero-order valence-corrected chi connectivity index (χ0v) is 20.8. The highest BCUT2D eigenvalue weighted by Gasteiger charge is 2.34. The number of halogens is 2. The molecule has 1 aliphatic heterocycles. The lowest BCUT2D eigenvalue weighted by Crippen LogP contribution is -2.52. The van der Waals surface area contributed by atoms with Gasteiger partial charge in [-0.1, -0.05) is 35.9 Å². The van der Waals surface area contributed by atoms with Crippen molar-refractivity contribution in [2.24, 2.45) is 0 Å². The molecule has 1 heterocycles. The molecule has 0 amide bonds. The third kappa shape index (κ3) is 5.97. The third-order valence-electron chi connectivity index (χ3n) is 6.47. The number of aliphatic hydroxyl groups is 2. The average molecular weight is 510 g/mol. The van der Waals surface area contributed by atoms with Crippen molar-refractivity contribution in [3.63, 3.8) is 0 Å². The minimum absolute atomic E-state index is 0.101. The summed E-state index contributed by atoms with van der Waals surface area (Å²) >= 11 is 6.15. The molecule has 0 radical (unpaired) electrons. The van der Waals surface area contributed by atoms with Crippen LogP contribution in [-0.2, 0) is 5.60 Å². The van der Waals surface area contributed by atoms with Gasteiger partial charge in [-0.25, -0.2) is 4.39 Å². The summed E-state index contributed by atoms with van der Waals surface area (Å²) in [6.07, 6.45) is 0. The molecule has 3 aromatic rings. The van der Waals surface area contributed by atoms with E-state index in [2.05, 4.69) is 15.9 Å². The summed E-state index contributed by atoms with van der Waals surface area (Å²) in [6, 6.07) is 21.1. The second-order valence-corrected chi connectivity index (χ2v) is 9.58. The largest absolute Gasteiger partial charge is 0.491 e. The summed E-state index contributed by atoms with van der Waals surface area (Å²) in [4.78, 5) is 4.38. The smallest absolute Gasteiger partial charge is 0.123 e. The Labute approximate surface area is 215 Å². The van der Waals surface area contributed by atoms with Gasteiger partial charge in [-0.15, -0.1) is 0 Å². The Morgan fingerprint density at radius 2 is 1.83 bits per heavy atom. The van der Waals surface area contributed by atoms with E-state index >= 15 is 0 Å². The topological polar surface area (TPSA) is 80.0 Å². The number of rotatable bonds is 8. The van der Waals surface area contributed by atoms with Crippen LogP contribution >= 0.6 is 11.6 Å². The predicted octanol–water partition coefficient (Wildman–Crippen LogP) is 4.49. The Hall–Kier alpha value is -3.15. The normalized spacial score (nSPS) is 17.9. The molecule has 36 heavy (non-hydrogen) atoms. The molecular formula is C28H29ClFN3O3. The number of piperazine rings is 1. The zero-order valence-electron chi connectivity index (χ0n) is 20.1. The van der Waals surface area contributed by atoms with Crippen molar-refractivity contribution in [1.82, 2.24) is 4.90 Å². The number of benzene rings is 3. The van der Waals surface area contributed by atoms with Crippen molar-refractivity contribution in [2.75, 3.05) is 44.3 Å². The number of ether oxygens (including phenoxy) is 1. The monoisotopic (exact) mass is 509 g/mol. The maximum Gasteiger partial charge on any atom is 0.123 e. The van der Waals surface area contributed by atoms with Crippen LogP contribution in [0.3, 0.4) is 0 Å². The van der Waals surface area contributed by atoms with Gasteiger partial charge in [-0.2, -0.15) is 5.26 Å². The van der Waals surface area contributed by atoms with E-state index in [1.807, 2.05) is 30.3 Å². The molecule has 0 bridgehead atoms. The first-order valence-corrected chi connectivity index (χ1v) is 12.2. The maximum absolute atomic E-state index is 13.4. The molecule has 1 aliphatic rings. The second kappa shape index (κ2) is 11.3. The lowest BCUT2D eigenvalue weighted by atomic mass is 9.93. The van der Waals surface area contributed by atoms with Crippen molar-refractivity contribution in [2.45, 2.75) is 18.6 Å². The van der Waals surface area contributed by atoms with Gasteiger partial charge in [0.25, 0.3) is 0 Å². The molecule has 8 heteroatoms.